The fraction of sp³-hybridized carbons (Fsp3) is 0.635. The number of rotatable bonds is 6. The van der Waals surface area contributed by atoms with Gasteiger partial charge in [0.1, 0.15) is 40.7 Å². The molecule has 0 spiro atoms. The number of aliphatic hydroxyl groups is 5. The number of phenols is 1. The maximum Gasteiger partial charge on any atom is 0.334 e. The van der Waals surface area contributed by atoms with Gasteiger partial charge in [0.25, 0.3) is 0 Å². The third-order valence-electron chi connectivity index (χ3n) is 23.2. The highest BCUT2D eigenvalue weighted by atomic mass is 16.6. The molecule has 6 saturated carbocycles. The van der Waals surface area contributed by atoms with E-state index in [9.17, 15) is 35.4 Å². The molecule has 89 heavy (non-hydrogen) atoms. The van der Waals surface area contributed by atoms with E-state index in [1.54, 1.807) is 13.0 Å². The van der Waals surface area contributed by atoms with Crippen LogP contribution in [0.4, 0.5) is 5.69 Å². The molecule has 5 aliphatic heterocycles. The van der Waals surface area contributed by atoms with Gasteiger partial charge in [-0.05, 0) is 198 Å². The number of esters is 2. The number of carbonyl (C=O) groups is 3. The number of fused-ring (bicyclic) bond motifs is 19. The summed E-state index contributed by atoms with van der Waals surface area (Å²) < 4.78 is 19.8. The number of phenolic OH excluding ortho intramolecular Hbond substituents is 1. The lowest BCUT2D eigenvalue weighted by atomic mass is 9.38. The highest BCUT2D eigenvalue weighted by Gasteiger charge is 2.70. The molecule has 15 heteroatoms. The van der Waals surface area contributed by atoms with E-state index in [4.69, 9.17) is 14.2 Å². The van der Waals surface area contributed by atoms with Gasteiger partial charge in [0.05, 0.1) is 43.2 Å². The second-order valence-electron chi connectivity index (χ2n) is 28.9. The van der Waals surface area contributed by atoms with Crippen LogP contribution in [-0.2, 0) is 43.1 Å². The Labute approximate surface area is 524 Å². The number of aromatic hydroxyl groups is 1. The number of benzene rings is 3. The van der Waals surface area contributed by atoms with Crippen molar-refractivity contribution in [1.82, 2.24) is 10.6 Å². The van der Waals surface area contributed by atoms with E-state index >= 15 is 9.59 Å². The highest BCUT2D eigenvalue weighted by molar-refractivity contribution is 5.89. The van der Waals surface area contributed by atoms with E-state index < -0.39 is 77.1 Å². The summed E-state index contributed by atoms with van der Waals surface area (Å²) in [4.78, 5) is 45.6. The van der Waals surface area contributed by atoms with Crippen LogP contribution < -0.4 is 20.7 Å². The number of hydrogen-bond donors (Lipinski definition) is 9. The molecule has 476 valence electrons. The van der Waals surface area contributed by atoms with Gasteiger partial charge in [-0.2, -0.15) is 0 Å². The largest absolute Gasteiger partial charge is 0.507 e. The zero-order chi connectivity index (χ0) is 61.9. The minimum atomic E-state index is -1.67. The van der Waals surface area contributed by atoms with Crippen LogP contribution in [0.1, 0.15) is 179 Å². The Morgan fingerprint density at radius 3 is 2.27 bits per heavy atom. The van der Waals surface area contributed by atoms with Gasteiger partial charge in [0.15, 0.2) is 0 Å². The Hall–Kier alpha value is -5.59. The van der Waals surface area contributed by atoms with Crippen LogP contribution in [0.5, 0.6) is 11.5 Å². The van der Waals surface area contributed by atoms with Gasteiger partial charge in [0.2, 0.25) is 0 Å². The maximum atomic E-state index is 16.3. The van der Waals surface area contributed by atoms with Crippen molar-refractivity contribution in [1.29, 1.82) is 0 Å². The SMILES string of the molecule is CNCC1C#CC2CCC(CC2)OCC(O)C(C)(O)CNc2cc(C3C#CC4CC(=O)Oc5c4cc(c(O)c5C4CCCCC4)CC4OC(=O)C(=CC(O)Cc5cccc(c5)CC5C(=O)CC6CC(CNC)C7C8CCCCC8C4(O)C6C57)C3)cc(c2)C1O. The van der Waals surface area contributed by atoms with E-state index in [0.717, 1.165) is 101 Å². The van der Waals surface area contributed by atoms with Gasteiger partial charge in [-0.15, -0.1) is 0 Å². The van der Waals surface area contributed by atoms with Gasteiger partial charge in [-0.3, -0.25) is 9.59 Å². The Morgan fingerprint density at radius 2 is 1.48 bits per heavy atom. The fourth-order valence-electron chi connectivity index (χ4n) is 19.0. The van der Waals surface area contributed by atoms with Crippen molar-refractivity contribution < 1.29 is 59.2 Å². The van der Waals surface area contributed by atoms with Crippen molar-refractivity contribution in [3.8, 4) is 35.2 Å². The molecule has 17 atom stereocenters. The van der Waals surface area contributed by atoms with Crippen LogP contribution in [0, 0.1) is 82.9 Å². The molecule has 17 unspecified atom stereocenters. The Bertz CT molecular complexity index is 3320. The zero-order valence-corrected chi connectivity index (χ0v) is 52.2. The molecule has 9 N–H and O–H groups in total. The summed E-state index contributed by atoms with van der Waals surface area (Å²) in [6.07, 6.45) is 9.01. The van der Waals surface area contributed by atoms with E-state index in [1.807, 2.05) is 50.5 Å². The Morgan fingerprint density at radius 1 is 0.742 bits per heavy atom. The standard InChI is InChI=1S/C74H93N3O12/c1-73(85)40-77-54-30-48(28-50(31-54)69(82)47(37-75-2)19-16-41-17-22-56(23-18-41)87-39-62(73)80)45-20-21-46-36-64(81)89-71-58(46)33-51(70(83)66(71)44-12-5-4-6-13-44)35-63-74(86)60-15-8-7-14-57(60)65-53(38-76-3)29-49-34-61(79)59(67(65)68(49)74)26-43-11-9-10-42(24-43)25-55(78)32-52(27-45)72(84)88-63/h9-11,24,28,30-33,41,44-47,49,53,55-57,59-60,62-63,65,67-69,75-78,80,82-83,85-86H,4-8,12-15,17-18,22-23,25-27,29,34-40H2,1-3H3. The van der Waals surface area contributed by atoms with Crippen molar-refractivity contribution in [3.05, 3.63) is 99.1 Å². The van der Waals surface area contributed by atoms with Crippen molar-refractivity contribution >= 4 is 23.4 Å². The molecule has 11 aliphatic rings. The summed E-state index contributed by atoms with van der Waals surface area (Å²) in [6.45, 7) is 2.55. The molecule has 15 nitrogen and oxygen atoms in total. The number of ether oxygens (including phenoxy) is 3. The van der Waals surface area contributed by atoms with Gasteiger partial charge in [-0.25, -0.2) is 4.79 Å². The molecule has 0 aromatic heterocycles. The normalized spacial score (nSPS) is 38.1. The summed E-state index contributed by atoms with van der Waals surface area (Å²) in [5.41, 5.74) is 1.83. The molecule has 6 aliphatic carbocycles. The molecule has 3 aromatic carbocycles. The zero-order valence-electron chi connectivity index (χ0n) is 52.2. The first-order valence-electron chi connectivity index (χ1n) is 33.9. The smallest absolute Gasteiger partial charge is 0.334 e. The number of Topliss-reactive ketones (excluding diaryl/α,β-unsaturated/α-hetero) is 1. The van der Waals surface area contributed by atoms with Gasteiger partial charge in [-0.1, -0.05) is 86.1 Å². The molecular formula is C74H93N3O12. The Balaban J connectivity index is 1.02. The third-order valence-corrected chi connectivity index (χ3v) is 23.2. The minimum absolute atomic E-state index is 0.0158. The van der Waals surface area contributed by atoms with Crippen molar-refractivity contribution in [2.45, 2.75) is 195 Å². The van der Waals surface area contributed by atoms with Crippen molar-refractivity contribution in [2.75, 3.05) is 45.7 Å². The highest BCUT2D eigenvalue weighted by Crippen LogP contribution is 2.67. The molecular weight excluding hydrogens is 1120 g/mol. The Kier molecular flexibility index (Phi) is 18.1. The molecule has 5 heterocycles. The van der Waals surface area contributed by atoms with Gasteiger partial charge < -0.3 is 60.8 Å². The average molecular weight is 1220 g/mol. The number of nitrogens with one attached hydrogen (secondary N) is 3. The molecule has 0 amide bonds. The predicted molar refractivity (Wildman–Crippen MR) is 337 cm³/mol. The molecule has 3 aromatic rings. The van der Waals surface area contributed by atoms with Gasteiger partial charge >= 0.3 is 11.9 Å². The first-order chi connectivity index (χ1) is 43.0. The number of aliphatic hydroxyl groups excluding tert-OH is 3. The number of anilines is 1. The summed E-state index contributed by atoms with van der Waals surface area (Å²) in [5.74, 6) is 9.96. The summed E-state index contributed by atoms with van der Waals surface area (Å²) >= 11 is 0. The van der Waals surface area contributed by atoms with Crippen molar-refractivity contribution in [2.24, 2.45) is 59.2 Å². The maximum absolute atomic E-state index is 16.3. The third kappa shape index (κ3) is 12.3. The lowest BCUT2D eigenvalue weighted by Gasteiger charge is -2.68. The monoisotopic (exact) mass is 1220 g/mol. The second-order valence-corrected chi connectivity index (χ2v) is 28.9. The lowest BCUT2D eigenvalue weighted by molar-refractivity contribution is -0.274. The summed E-state index contributed by atoms with van der Waals surface area (Å²) in [7, 11) is 3.83. The van der Waals surface area contributed by atoms with Crippen LogP contribution in [-0.4, -0.2) is 124 Å². The predicted octanol–water partition coefficient (Wildman–Crippen LogP) is 8.39. The summed E-state index contributed by atoms with van der Waals surface area (Å²) in [5, 5.41) is 86.8. The van der Waals surface area contributed by atoms with Crippen LogP contribution in [0.25, 0.3) is 0 Å². The summed E-state index contributed by atoms with van der Waals surface area (Å²) in [6, 6.07) is 15.5. The minimum Gasteiger partial charge on any atom is -0.507 e. The van der Waals surface area contributed by atoms with Crippen LogP contribution in [0.15, 0.2) is 60.2 Å². The topological polar surface area (TPSA) is 236 Å². The van der Waals surface area contributed by atoms with E-state index in [-0.39, 0.29) is 109 Å². The molecule has 0 radical (unpaired) electrons. The molecule has 0 saturated heterocycles. The molecule has 16 bridgehead atoms. The van der Waals surface area contributed by atoms with E-state index in [0.29, 0.717) is 65.1 Å². The first-order valence-corrected chi connectivity index (χ1v) is 33.9. The quantitative estimate of drug-likeness (QED) is 0.0640. The first kappa shape index (κ1) is 62.2. The van der Waals surface area contributed by atoms with Crippen LogP contribution >= 0.6 is 0 Å². The van der Waals surface area contributed by atoms with Crippen molar-refractivity contribution in [3.63, 3.8) is 0 Å². The number of hydrogen-bond acceptors (Lipinski definition) is 15. The second kappa shape index (κ2) is 25.8. The average Bonchev–Trinajstić information content (AvgIpc) is 0.801. The number of carbonyl (C=O) groups excluding carboxylic acids is 3. The van der Waals surface area contributed by atoms with Crippen LogP contribution in [0.3, 0.4) is 0 Å². The molecule has 6 fully saturated rings. The lowest BCUT2D eigenvalue weighted by Crippen LogP contribution is -2.73. The van der Waals surface area contributed by atoms with Gasteiger partial charge in [0, 0.05) is 72.5 Å². The molecule has 14 rings (SSSR count). The number of ketones is 1. The fourth-order valence-corrected chi connectivity index (χ4v) is 19.0. The van der Waals surface area contributed by atoms with Crippen LogP contribution in [0.2, 0.25) is 0 Å². The van der Waals surface area contributed by atoms with E-state index in [2.05, 4.69) is 51.8 Å². The van der Waals surface area contributed by atoms with E-state index in [1.165, 1.54) is 0 Å².